The third kappa shape index (κ3) is 1.51. The van der Waals surface area contributed by atoms with Crippen LogP contribution in [-0.4, -0.2) is 16.1 Å². The Morgan fingerprint density at radius 3 is 2.75 bits per heavy atom. The molecule has 0 saturated carbocycles. The molecule has 1 heterocycles. The van der Waals surface area contributed by atoms with E-state index in [-0.39, 0.29) is 0 Å². The molecule has 1 aromatic rings. The van der Waals surface area contributed by atoms with Crippen LogP contribution >= 0.6 is 15.9 Å². The molecule has 4 nitrogen and oxygen atoms in total. The fourth-order valence-corrected chi connectivity index (χ4v) is 1.13. The third-order valence-corrected chi connectivity index (χ3v) is 2.11. The zero-order chi connectivity index (χ0) is 9.35. The van der Waals surface area contributed by atoms with Gasteiger partial charge in [-0.3, -0.25) is 0 Å². The summed E-state index contributed by atoms with van der Waals surface area (Å²) in [4.78, 5) is 13.4. The van der Waals surface area contributed by atoms with Crippen molar-refractivity contribution in [2.45, 2.75) is 12.5 Å². The van der Waals surface area contributed by atoms with E-state index in [4.69, 9.17) is 10.8 Å². The fourth-order valence-electron chi connectivity index (χ4n) is 0.783. The molecule has 0 aliphatic heterocycles. The number of rotatable bonds is 2. The minimum Gasteiger partial charge on any atom is -0.480 e. The fraction of sp³-hybridized carbons (Fsp3) is 0.286. The molecule has 0 amide bonds. The number of carboxylic acid groups (broad SMARTS) is 1. The standard InChI is InChI=1S/C7H9BrN2O2/c1-7(9,6(11)12)5-2-4(8)3-10-5/h2-3,10H,9H2,1H3,(H,11,12)/t7-/m1/s1. The number of hydrogen-bond acceptors (Lipinski definition) is 2. The van der Waals surface area contributed by atoms with Gasteiger partial charge < -0.3 is 15.8 Å². The Kier molecular flexibility index (Phi) is 2.25. The van der Waals surface area contributed by atoms with E-state index in [9.17, 15) is 4.79 Å². The van der Waals surface area contributed by atoms with Crippen LogP contribution < -0.4 is 5.73 Å². The van der Waals surface area contributed by atoms with Gasteiger partial charge in [-0.1, -0.05) is 0 Å². The predicted octanol–water partition coefficient (Wildman–Crippen LogP) is 1.04. The molecule has 12 heavy (non-hydrogen) atoms. The van der Waals surface area contributed by atoms with Gasteiger partial charge in [0.2, 0.25) is 0 Å². The SMILES string of the molecule is C[C@](N)(C(=O)O)c1cc(Br)c[nH]1. The lowest BCUT2D eigenvalue weighted by Gasteiger charge is -2.16. The Balaban J connectivity index is 3.05. The van der Waals surface area contributed by atoms with E-state index in [1.54, 1.807) is 12.3 Å². The van der Waals surface area contributed by atoms with Gasteiger partial charge in [-0.2, -0.15) is 0 Å². The van der Waals surface area contributed by atoms with E-state index in [2.05, 4.69) is 20.9 Å². The first-order valence-corrected chi connectivity index (χ1v) is 4.10. The van der Waals surface area contributed by atoms with Crippen molar-refractivity contribution in [2.75, 3.05) is 0 Å². The van der Waals surface area contributed by atoms with Gasteiger partial charge in [0.1, 0.15) is 0 Å². The van der Waals surface area contributed by atoms with E-state index in [1.807, 2.05) is 0 Å². The number of carboxylic acids is 1. The first kappa shape index (κ1) is 9.28. The average Bonchev–Trinajstić information content (AvgIpc) is 2.35. The maximum absolute atomic E-state index is 10.7. The number of H-pyrrole nitrogens is 1. The summed E-state index contributed by atoms with van der Waals surface area (Å²) in [7, 11) is 0. The van der Waals surface area contributed by atoms with E-state index in [1.165, 1.54) is 6.92 Å². The molecule has 4 N–H and O–H groups in total. The molecule has 1 atom stereocenters. The van der Waals surface area contributed by atoms with Gasteiger partial charge in [0.05, 0.1) is 0 Å². The van der Waals surface area contributed by atoms with Crippen LogP contribution in [0.4, 0.5) is 0 Å². The largest absolute Gasteiger partial charge is 0.480 e. The second kappa shape index (κ2) is 2.91. The Bertz CT molecular complexity index is 306. The number of aromatic nitrogens is 1. The van der Waals surface area contributed by atoms with Crippen molar-refractivity contribution >= 4 is 21.9 Å². The van der Waals surface area contributed by atoms with Gasteiger partial charge in [-0.25, -0.2) is 4.79 Å². The smallest absolute Gasteiger partial charge is 0.329 e. The van der Waals surface area contributed by atoms with Crippen LogP contribution in [0.2, 0.25) is 0 Å². The predicted molar refractivity (Wildman–Crippen MR) is 47.7 cm³/mol. The molecule has 0 fully saturated rings. The van der Waals surface area contributed by atoms with Crippen molar-refractivity contribution in [1.82, 2.24) is 4.98 Å². The van der Waals surface area contributed by atoms with Crippen molar-refractivity contribution < 1.29 is 9.90 Å². The minimum absolute atomic E-state index is 0.474. The normalized spacial score (nSPS) is 15.6. The Morgan fingerprint density at radius 1 is 1.83 bits per heavy atom. The highest BCUT2D eigenvalue weighted by Crippen LogP contribution is 2.20. The second-order valence-electron chi connectivity index (χ2n) is 2.74. The molecular weight excluding hydrogens is 224 g/mol. The monoisotopic (exact) mass is 232 g/mol. The summed E-state index contributed by atoms with van der Waals surface area (Å²) in [5.74, 6) is -1.06. The number of halogens is 1. The minimum atomic E-state index is -1.36. The van der Waals surface area contributed by atoms with Crippen LogP contribution in [0.25, 0.3) is 0 Å². The van der Waals surface area contributed by atoms with Crippen molar-refractivity contribution in [3.05, 3.63) is 22.4 Å². The zero-order valence-corrected chi connectivity index (χ0v) is 8.05. The molecule has 0 aliphatic carbocycles. The van der Waals surface area contributed by atoms with Crippen LogP contribution in [-0.2, 0) is 10.3 Å². The van der Waals surface area contributed by atoms with Crippen LogP contribution in [0, 0.1) is 0 Å². The maximum atomic E-state index is 10.7. The lowest BCUT2D eigenvalue weighted by atomic mass is 10.0. The Labute approximate surface area is 77.9 Å². The number of nitrogens with one attached hydrogen (secondary N) is 1. The van der Waals surface area contributed by atoms with Crippen molar-refractivity contribution in [3.63, 3.8) is 0 Å². The third-order valence-electron chi connectivity index (χ3n) is 1.65. The summed E-state index contributed by atoms with van der Waals surface area (Å²) >= 11 is 3.19. The summed E-state index contributed by atoms with van der Waals surface area (Å²) < 4.78 is 0.787. The van der Waals surface area contributed by atoms with Crippen LogP contribution in [0.15, 0.2) is 16.7 Å². The van der Waals surface area contributed by atoms with E-state index in [0.29, 0.717) is 5.69 Å². The van der Waals surface area contributed by atoms with Crippen molar-refractivity contribution in [1.29, 1.82) is 0 Å². The molecule has 0 unspecified atom stereocenters. The Hall–Kier alpha value is -0.810. The maximum Gasteiger partial charge on any atom is 0.329 e. The summed E-state index contributed by atoms with van der Waals surface area (Å²) in [5.41, 5.74) is 4.66. The van der Waals surface area contributed by atoms with E-state index >= 15 is 0 Å². The molecule has 5 heteroatoms. The summed E-state index contributed by atoms with van der Waals surface area (Å²) in [6.45, 7) is 1.44. The highest BCUT2D eigenvalue weighted by Gasteiger charge is 2.31. The first-order chi connectivity index (χ1) is 5.44. The van der Waals surface area contributed by atoms with E-state index < -0.39 is 11.5 Å². The van der Waals surface area contributed by atoms with Gasteiger partial charge in [-0.05, 0) is 28.9 Å². The second-order valence-corrected chi connectivity index (χ2v) is 3.65. The molecule has 0 spiro atoms. The number of hydrogen-bond donors (Lipinski definition) is 3. The lowest BCUT2D eigenvalue weighted by molar-refractivity contribution is -0.143. The number of aromatic amines is 1. The van der Waals surface area contributed by atoms with Crippen molar-refractivity contribution in [2.24, 2.45) is 5.73 Å². The van der Waals surface area contributed by atoms with E-state index in [0.717, 1.165) is 4.47 Å². The molecule has 0 aromatic carbocycles. The molecule has 0 bridgehead atoms. The Morgan fingerprint density at radius 2 is 2.42 bits per heavy atom. The zero-order valence-electron chi connectivity index (χ0n) is 6.47. The van der Waals surface area contributed by atoms with Crippen molar-refractivity contribution in [3.8, 4) is 0 Å². The summed E-state index contributed by atoms with van der Waals surface area (Å²) in [6, 6.07) is 1.65. The molecular formula is C7H9BrN2O2. The molecule has 0 aliphatic rings. The summed E-state index contributed by atoms with van der Waals surface area (Å²) in [6.07, 6.45) is 1.64. The quantitative estimate of drug-likeness (QED) is 0.713. The lowest BCUT2D eigenvalue weighted by Crippen LogP contribution is -2.41. The first-order valence-electron chi connectivity index (χ1n) is 3.31. The number of aliphatic carboxylic acids is 1. The number of carbonyl (C=O) groups is 1. The number of nitrogens with two attached hydrogens (primary N) is 1. The van der Waals surface area contributed by atoms with Gasteiger partial charge in [0, 0.05) is 16.4 Å². The van der Waals surface area contributed by atoms with Crippen LogP contribution in [0.3, 0.4) is 0 Å². The molecule has 66 valence electrons. The molecule has 0 radical (unpaired) electrons. The van der Waals surface area contributed by atoms with Gasteiger partial charge in [-0.15, -0.1) is 0 Å². The highest BCUT2D eigenvalue weighted by atomic mass is 79.9. The molecule has 0 saturated heterocycles. The van der Waals surface area contributed by atoms with Gasteiger partial charge in [0.15, 0.2) is 5.54 Å². The average molecular weight is 233 g/mol. The molecule has 1 aromatic heterocycles. The molecule has 1 rings (SSSR count). The van der Waals surface area contributed by atoms with Crippen LogP contribution in [0.1, 0.15) is 12.6 Å². The summed E-state index contributed by atoms with van der Waals surface area (Å²) in [5, 5.41) is 8.74. The topological polar surface area (TPSA) is 79.1 Å². The van der Waals surface area contributed by atoms with Gasteiger partial charge >= 0.3 is 5.97 Å². The van der Waals surface area contributed by atoms with Crippen LogP contribution in [0.5, 0.6) is 0 Å². The highest BCUT2D eigenvalue weighted by molar-refractivity contribution is 9.10. The van der Waals surface area contributed by atoms with Gasteiger partial charge in [0.25, 0.3) is 0 Å².